The van der Waals surface area contributed by atoms with Crippen LogP contribution in [0, 0.1) is 0 Å². The van der Waals surface area contributed by atoms with Crippen LogP contribution in [0.2, 0.25) is 0 Å². The first-order valence-electron chi connectivity index (χ1n) is 8.05. The van der Waals surface area contributed by atoms with Gasteiger partial charge in [0.2, 0.25) is 0 Å². The topological polar surface area (TPSA) is 50.8 Å². The van der Waals surface area contributed by atoms with Crippen molar-refractivity contribution < 1.29 is 14.3 Å². The first-order valence-corrected chi connectivity index (χ1v) is 8.05. The average molecular weight is 304 g/mol. The van der Waals surface area contributed by atoms with Crippen molar-refractivity contribution in [3.05, 3.63) is 35.9 Å². The molecule has 0 radical (unpaired) electrons. The molecule has 0 saturated carbocycles. The molecule has 0 bridgehead atoms. The summed E-state index contributed by atoms with van der Waals surface area (Å²) < 4.78 is 11.3. The number of ether oxygens (including phenoxy) is 2. The van der Waals surface area contributed by atoms with Crippen LogP contribution in [0.5, 0.6) is 0 Å². The van der Waals surface area contributed by atoms with Gasteiger partial charge in [-0.05, 0) is 18.9 Å². The molecule has 0 unspecified atom stereocenters. The summed E-state index contributed by atoms with van der Waals surface area (Å²) in [7, 11) is 0. The minimum absolute atomic E-state index is 0.00344. The molecule has 5 nitrogen and oxygen atoms in total. The van der Waals surface area contributed by atoms with Crippen LogP contribution < -0.4 is 5.32 Å². The Bertz CT molecular complexity index is 494. The predicted molar refractivity (Wildman–Crippen MR) is 83.8 cm³/mol. The quantitative estimate of drug-likeness (QED) is 0.926. The summed E-state index contributed by atoms with van der Waals surface area (Å²) in [6, 6.07) is 10.4. The molecule has 2 heterocycles. The molecule has 0 aromatic heterocycles. The second kappa shape index (κ2) is 7.11. The Labute approximate surface area is 131 Å². The number of benzene rings is 1. The van der Waals surface area contributed by atoms with E-state index in [0.717, 1.165) is 19.4 Å². The Kier molecular flexibility index (Phi) is 4.95. The third kappa shape index (κ3) is 3.78. The molecule has 1 N–H and O–H groups in total. The molecular weight excluding hydrogens is 280 g/mol. The van der Waals surface area contributed by atoms with Crippen LogP contribution in [0.4, 0.5) is 4.79 Å². The monoisotopic (exact) mass is 304 g/mol. The standard InChI is InChI=1S/C17H24N2O3/c1-13-16(7-9-21-13)18-17(20)19-8-10-22-15(12-19)11-14-5-3-2-4-6-14/h2-6,13,15-16H,7-12H2,1H3,(H,18,20)/t13-,15+,16+/m0/s1. The second-order valence-corrected chi connectivity index (χ2v) is 6.05. The fraction of sp³-hybridized carbons (Fsp3) is 0.588. The first-order chi connectivity index (χ1) is 10.7. The molecule has 2 amide bonds. The number of nitrogens with one attached hydrogen (secondary N) is 1. The molecule has 2 aliphatic rings. The van der Waals surface area contributed by atoms with Gasteiger partial charge in [0.25, 0.3) is 0 Å². The van der Waals surface area contributed by atoms with Crippen molar-refractivity contribution in [1.29, 1.82) is 0 Å². The fourth-order valence-electron chi connectivity index (χ4n) is 3.08. The highest BCUT2D eigenvalue weighted by Gasteiger charge is 2.30. The van der Waals surface area contributed by atoms with Gasteiger partial charge < -0.3 is 19.7 Å². The zero-order chi connectivity index (χ0) is 15.4. The molecule has 3 atom stereocenters. The maximum atomic E-state index is 12.4. The van der Waals surface area contributed by atoms with Crippen molar-refractivity contribution >= 4 is 6.03 Å². The van der Waals surface area contributed by atoms with Crippen LogP contribution >= 0.6 is 0 Å². The molecule has 3 rings (SSSR count). The number of carbonyl (C=O) groups excluding carboxylic acids is 1. The Morgan fingerprint density at radius 3 is 2.82 bits per heavy atom. The molecule has 2 saturated heterocycles. The van der Waals surface area contributed by atoms with Crippen LogP contribution in [0.3, 0.4) is 0 Å². The van der Waals surface area contributed by atoms with Gasteiger partial charge in [0, 0.05) is 26.1 Å². The molecular formula is C17H24N2O3. The lowest BCUT2D eigenvalue weighted by Gasteiger charge is -2.34. The van der Waals surface area contributed by atoms with Crippen molar-refractivity contribution in [2.75, 3.05) is 26.3 Å². The lowest BCUT2D eigenvalue weighted by Crippen LogP contribution is -2.53. The molecule has 120 valence electrons. The van der Waals surface area contributed by atoms with Gasteiger partial charge in [-0.15, -0.1) is 0 Å². The maximum Gasteiger partial charge on any atom is 0.317 e. The van der Waals surface area contributed by atoms with Crippen molar-refractivity contribution in [2.45, 2.75) is 38.0 Å². The van der Waals surface area contributed by atoms with Crippen molar-refractivity contribution in [3.8, 4) is 0 Å². The van der Waals surface area contributed by atoms with Gasteiger partial charge in [0.1, 0.15) is 0 Å². The van der Waals surface area contributed by atoms with Crippen LogP contribution in [0.25, 0.3) is 0 Å². The third-order valence-corrected chi connectivity index (χ3v) is 4.42. The average Bonchev–Trinajstić information content (AvgIpc) is 2.94. The van der Waals surface area contributed by atoms with Gasteiger partial charge >= 0.3 is 6.03 Å². The smallest absolute Gasteiger partial charge is 0.317 e. The molecule has 2 fully saturated rings. The Morgan fingerprint density at radius 2 is 2.09 bits per heavy atom. The summed E-state index contributed by atoms with van der Waals surface area (Å²) in [4.78, 5) is 14.3. The van der Waals surface area contributed by atoms with E-state index in [2.05, 4.69) is 17.4 Å². The molecule has 2 aliphatic heterocycles. The third-order valence-electron chi connectivity index (χ3n) is 4.42. The van der Waals surface area contributed by atoms with Crippen molar-refractivity contribution in [3.63, 3.8) is 0 Å². The van der Waals surface area contributed by atoms with Crippen LogP contribution in [-0.2, 0) is 15.9 Å². The van der Waals surface area contributed by atoms with Crippen LogP contribution in [-0.4, -0.2) is 55.5 Å². The zero-order valence-electron chi connectivity index (χ0n) is 13.0. The fourth-order valence-corrected chi connectivity index (χ4v) is 3.08. The van der Waals surface area contributed by atoms with Gasteiger partial charge in [-0.1, -0.05) is 30.3 Å². The second-order valence-electron chi connectivity index (χ2n) is 6.05. The molecule has 1 aromatic carbocycles. The number of amides is 2. The number of hydrogen-bond donors (Lipinski definition) is 1. The molecule has 1 aromatic rings. The highest BCUT2D eigenvalue weighted by Crippen LogP contribution is 2.15. The van der Waals surface area contributed by atoms with E-state index in [4.69, 9.17) is 9.47 Å². The minimum Gasteiger partial charge on any atom is -0.376 e. The zero-order valence-corrected chi connectivity index (χ0v) is 13.0. The van der Waals surface area contributed by atoms with Gasteiger partial charge in [0.05, 0.1) is 24.9 Å². The highest BCUT2D eigenvalue weighted by atomic mass is 16.5. The number of rotatable bonds is 3. The van der Waals surface area contributed by atoms with E-state index in [1.54, 1.807) is 0 Å². The largest absolute Gasteiger partial charge is 0.376 e. The summed E-state index contributed by atoms with van der Waals surface area (Å²) in [6.45, 7) is 4.63. The van der Waals surface area contributed by atoms with E-state index in [9.17, 15) is 4.79 Å². The Hall–Kier alpha value is -1.59. The van der Waals surface area contributed by atoms with Crippen LogP contribution in [0.1, 0.15) is 18.9 Å². The van der Waals surface area contributed by atoms with E-state index in [0.29, 0.717) is 19.7 Å². The highest BCUT2D eigenvalue weighted by molar-refractivity contribution is 5.74. The van der Waals surface area contributed by atoms with Crippen molar-refractivity contribution in [2.24, 2.45) is 0 Å². The van der Waals surface area contributed by atoms with Crippen LogP contribution in [0.15, 0.2) is 30.3 Å². The number of carbonyl (C=O) groups is 1. The maximum absolute atomic E-state index is 12.4. The van der Waals surface area contributed by atoms with Gasteiger partial charge in [-0.3, -0.25) is 0 Å². The van der Waals surface area contributed by atoms with Gasteiger partial charge in [0.15, 0.2) is 0 Å². The van der Waals surface area contributed by atoms with Crippen molar-refractivity contribution in [1.82, 2.24) is 10.2 Å². The van der Waals surface area contributed by atoms with E-state index in [1.165, 1.54) is 5.56 Å². The van der Waals surface area contributed by atoms with E-state index in [1.807, 2.05) is 30.0 Å². The predicted octanol–water partition coefficient (Wildman–Crippen LogP) is 1.82. The Balaban J connectivity index is 1.52. The van der Waals surface area contributed by atoms with Gasteiger partial charge in [-0.2, -0.15) is 0 Å². The summed E-state index contributed by atoms with van der Waals surface area (Å²) in [5.74, 6) is 0. The number of nitrogens with zero attached hydrogens (tertiary/aromatic N) is 1. The van der Waals surface area contributed by atoms with Gasteiger partial charge in [-0.25, -0.2) is 4.79 Å². The molecule has 0 aliphatic carbocycles. The molecule has 0 spiro atoms. The lowest BCUT2D eigenvalue weighted by atomic mass is 10.1. The summed E-state index contributed by atoms with van der Waals surface area (Å²) >= 11 is 0. The van der Waals surface area contributed by atoms with E-state index < -0.39 is 0 Å². The normalized spacial score (nSPS) is 28.6. The van der Waals surface area contributed by atoms with E-state index >= 15 is 0 Å². The minimum atomic E-state index is 0.00344. The number of hydrogen-bond acceptors (Lipinski definition) is 3. The molecule has 5 heteroatoms. The Morgan fingerprint density at radius 1 is 1.27 bits per heavy atom. The summed E-state index contributed by atoms with van der Waals surface area (Å²) in [5, 5.41) is 3.09. The first kappa shape index (κ1) is 15.3. The summed E-state index contributed by atoms with van der Waals surface area (Å²) in [6.07, 6.45) is 1.90. The summed E-state index contributed by atoms with van der Waals surface area (Å²) in [5.41, 5.74) is 1.24. The SMILES string of the molecule is C[C@@H]1OCC[C@H]1NC(=O)N1CCO[C@H](Cc2ccccc2)C1. The number of morpholine rings is 1. The van der Waals surface area contributed by atoms with E-state index in [-0.39, 0.29) is 24.3 Å². The molecule has 22 heavy (non-hydrogen) atoms. The lowest BCUT2D eigenvalue weighted by molar-refractivity contribution is -0.0139. The number of urea groups is 1.